The fourth-order valence-electron chi connectivity index (χ4n) is 2.71. The van der Waals surface area contributed by atoms with Gasteiger partial charge in [0.05, 0.1) is 25.1 Å². The highest BCUT2D eigenvalue weighted by atomic mass is 35.5. The molecule has 1 aliphatic carbocycles. The second-order valence-corrected chi connectivity index (χ2v) is 6.11. The number of imidazole rings is 1. The number of hydrogen-bond donors (Lipinski definition) is 0. The van der Waals surface area contributed by atoms with Gasteiger partial charge in [-0.1, -0.05) is 30.6 Å². The number of nitrogens with zero attached hydrogens (tertiary/aromatic N) is 4. The Labute approximate surface area is 126 Å². The van der Waals surface area contributed by atoms with E-state index in [1.807, 2.05) is 13.8 Å². The van der Waals surface area contributed by atoms with Crippen molar-refractivity contribution < 1.29 is 14.1 Å². The zero-order chi connectivity index (χ0) is 15.4. The van der Waals surface area contributed by atoms with Gasteiger partial charge in [-0.2, -0.15) is 4.98 Å². The van der Waals surface area contributed by atoms with Crippen LogP contribution in [0.2, 0.25) is 5.15 Å². The van der Waals surface area contributed by atoms with Crippen LogP contribution in [0.15, 0.2) is 10.7 Å². The maximum Gasteiger partial charge on any atom is 0.310 e. The van der Waals surface area contributed by atoms with Crippen molar-refractivity contribution >= 4 is 17.6 Å². The Morgan fingerprint density at radius 2 is 2.24 bits per heavy atom. The predicted octanol–water partition coefficient (Wildman–Crippen LogP) is 2.04. The first kappa shape index (κ1) is 14.1. The summed E-state index contributed by atoms with van der Waals surface area (Å²) in [4.78, 5) is 20.3. The molecule has 0 saturated heterocycles. The third kappa shape index (κ3) is 2.03. The molecule has 8 heteroatoms. The molecule has 2 atom stereocenters. The zero-order valence-corrected chi connectivity index (χ0v) is 12.9. The maximum absolute atomic E-state index is 11.8. The number of methoxy groups -OCH3 is 1. The summed E-state index contributed by atoms with van der Waals surface area (Å²) in [6, 6.07) is 0. The molecule has 21 heavy (non-hydrogen) atoms. The first-order valence-corrected chi connectivity index (χ1v) is 6.84. The van der Waals surface area contributed by atoms with Gasteiger partial charge in [-0.3, -0.25) is 4.79 Å². The first-order chi connectivity index (χ1) is 9.87. The molecule has 0 unspecified atom stereocenters. The number of hydrogen-bond acceptors (Lipinski definition) is 6. The van der Waals surface area contributed by atoms with Gasteiger partial charge in [-0.15, -0.1) is 0 Å². The lowest BCUT2D eigenvalue weighted by Crippen LogP contribution is -2.07. The summed E-state index contributed by atoms with van der Waals surface area (Å²) in [5.41, 5.74) is -0.254. The molecule has 2 aromatic rings. The monoisotopic (exact) mass is 310 g/mol. The number of esters is 1. The van der Waals surface area contributed by atoms with Crippen molar-refractivity contribution in [2.45, 2.75) is 19.8 Å². The van der Waals surface area contributed by atoms with Gasteiger partial charge in [-0.25, -0.2) is 4.98 Å². The molecule has 0 N–H and O–H groups in total. The van der Waals surface area contributed by atoms with Crippen LogP contribution in [0.5, 0.6) is 0 Å². The fourth-order valence-corrected chi connectivity index (χ4v) is 2.84. The summed E-state index contributed by atoms with van der Waals surface area (Å²) in [7, 11) is 3.14. The molecule has 1 saturated carbocycles. The van der Waals surface area contributed by atoms with E-state index in [2.05, 4.69) is 15.1 Å². The van der Waals surface area contributed by atoms with Crippen LogP contribution in [-0.2, 0) is 16.6 Å². The molecule has 2 aromatic heterocycles. The van der Waals surface area contributed by atoms with Gasteiger partial charge in [0.15, 0.2) is 5.82 Å². The Balaban J connectivity index is 1.90. The Morgan fingerprint density at radius 3 is 2.81 bits per heavy atom. The van der Waals surface area contributed by atoms with Gasteiger partial charge in [0.2, 0.25) is 11.7 Å². The Morgan fingerprint density at radius 1 is 1.52 bits per heavy atom. The summed E-state index contributed by atoms with van der Waals surface area (Å²) >= 11 is 5.94. The van der Waals surface area contributed by atoms with Crippen LogP contribution in [0.1, 0.15) is 25.7 Å². The number of ether oxygens (including phenoxy) is 1. The molecule has 0 radical (unpaired) electrons. The van der Waals surface area contributed by atoms with Crippen molar-refractivity contribution in [3.8, 4) is 11.6 Å². The molecule has 0 amide bonds. The quantitative estimate of drug-likeness (QED) is 0.807. The highest BCUT2D eigenvalue weighted by Crippen LogP contribution is 2.64. The van der Waals surface area contributed by atoms with Crippen LogP contribution in [0.4, 0.5) is 0 Å². The van der Waals surface area contributed by atoms with Gasteiger partial charge in [0, 0.05) is 7.05 Å². The number of rotatable bonds is 3. The van der Waals surface area contributed by atoms with Crippen LogP contribution in [-0.4, -0.2) is 32.8 Å². The van der Waals surface area contributed by atoms with Gasteiger partial charge >= 0.3 is 5.97 Å². The zero-order valence-electron chi connectivity index (χ0n) is 12.1. The van der Waals surface area contributed by atoms with E-state index in [1.54, 1.807) is 11.6 Å². The minimum Gasteiger partial charge on any atom is -0.469 e. The van der Waals surface area contributed by atoms with Crippen molar-refractivity contribution in [1.82, 2.24) is 19.7 Å². The molecular formula is C13H15ClN4O3. The van der Waals surface area contributed by atoms with E-state index in [9.17, 15) is 4.79 Å². The van der Waals surface area contributed by atoms with Crippen LogP contribution >= 0.6 is 11.6 Å². The molecule has 1 aliphatic rings. The lowest BCUT2D eigenvalue weighted by Gasteiger charge is -1.98. The number of halogens is 1. The summed E-state index contributed by atoms with van der Waals surface area (Å²) in [6.07, 6.45) is 1.52. The molecule has 0 spiro atoms. The van der Waals surface area contributed by atoms with E-state index in [0.717, 1.165) is 0 Å². The SMILES string of the molecule is COC(=O)[C@@H]1[C@H](c2nc(-c3ncc(Cl)n3C)no2)C1(C)C. The molecular weight excluding hydrogens is 296 g/mol. The van der Waals surface area contributed by atoms with E-state index in [1.165, 1.54) is 13.3 Å². The van der Waals surface area contributed by atoms with Crippen molar-refractivity contribution in [3.05, 3.63) is 17.2 Å². The third-order valence-electron chi connectivity index (χ3n) is 4.12. The van der Waals surface area contributed by atoms with E-state index >= 15 is 0 Å². The number of carbonyl (C=O) groups excluding carboxylic acids is 1. The van der Waals surface area contributed by atoms with Crippen LogP contribution in [0.3, 0.4) is 0 Å². The van der Waals surface area contributed by atoms with Gasteiger partial charge in [-0.05, 0) is 5.41 Å². The van der Waals surface area contributed by atoms with Crippen LogP contribution in [0.25, 0.3) is 11.6 Å². The Bertz CT molecular complexity index is 706. The lowest BCUT2D eigenvalue weighted by molar-refractivity contribution is -0.143. The van der Waals surface area contributed by atoms with Crippen LogP contribution < -0.4 is 0 Å². The van der Waals surface area contributed by atoms with Gasteiger partial charge in [0.1, 0.15) is 5.15 Å². The highest BCUT2D eigenvalue weighted by Gasteiger charge is 2.66. The smallest absolute Gasteiger partial charge is 0.310 e. The van der Waals surface area contributed by atoms with Crippen molar-refractivity contribution in [1.29, 1.82) is 0 Å². The highest BCUT2D eigenvalue weighted by molar-refractivity contribution is 6.29. The molecule has 112 valence electrons. The normalized spacial score (nSPS) is 23.1. The summed E-state index contributed by atoms with van der Waals surface area (Å²) in [6.45, 7) is 3.95. The van der Waals surface area contributed by atoms with Gasteiger partial charge < -0.3 is 13.8 Å². The average Bonchev–Trinajstić information content (AvgIpc) is 2.80. The summed E-state index contributed by atoms with van der Waals surface area (Å²) < 4.78 is 11.8. The largest absolute Gasteiger partial charge is 0.469 e. The second-order valence-electron chi connectivity index (χ2n) is 5.72. The molecule has 7 nitrogen and oxygen atoms in total. The van der Waals surface area contributed by atoms with Crippen molar-refractivity contribution in [3.63, 3.8) is 0 Å². The minimum atomic E-state index is -0.263. The lowest BCUT2D eigenvalue weighted by atomic mass is 10.1. The predicted molar refractivity (Wildman–Crippen MR) is 73.5 cm³/mol. The van der Waals surface area contributed by atoms with Crippen LogP contribution in [0, 0.1) is 11.3 Å². The molecule has 3 rings (SSSR count). The van der Waals surface area contributed by atoms with E-state index in [4.69, 9.17) is 20.9 Å². The standard InChI is InChI=1S/C13H15ClN4O3/c1-13(2)7(8(13)12(19)20-4)11-16-9(17-21-11)10-15-5-6(14)18(10)3/h5,7-8H,1-4H3/t7-,8+/m1/s1. The molecule has 0 aliphatic heterocycles. The summed E-state index contributed by atoms with van der Waals surface area (Å²) in [5, 5.41) is 4.41. The molecule has 0 aromatic carbocycles. The van der Waals surface area contributed by atoms with E-state index in [0.29, 0.717) is 22.7 Å². The van der Waals surface area contributed by atoms with Crippen molar-refractivity contribution in [2.24, 2.45) is 18.4 Å². The summed E-state index contributed by atoms with van der Waals surface area (Å²) in [5.74, 6) is 0.630. The maximum atomic E-state index is 11.8. The van der Waals surface area contributed by atoms with E-state index in [-0.39, 0.29) is 23.2 Å². The Kier molecular flexibility index (Phi) is 3.05. The number of carbonyl (C=O) groups is 1. The van der Waals surface area contributed by atoms with Crippen molar-refractivity contribution in [2.75, 3.05) is 7.11 Å². The van der Waals surface area contributed by atoms with E-state index < -0.39 is 0 Å². The Hall–Kier alpha value is -1.89. The average molecular weight is 311 g/mol. The van der Waals surface area contributed by atoms with Gasteiger partial charge in [0.25, 0.3) is 0 Å². The number of aromatic nitrogens is 4. The second kappa shape index (κ2) is 4.56. The molecule has 0 bridgehead atoms. The minimum absolute atomic E-state index is 0.137. The molecule has 2 heterocycles. The fraction of sp³-hybridized carbons (Fsp3) is 0.538. The first-order valence-electron chi connectivity index (χ1n) is 6.47. The molecule has 1 fully saturated rings. The topological polar surface area (TPSA) is 83.0 Å². The third-order valence-corrected chi connectivity index (χ3v) is 4.47.